The molecule has 1 rings (SSSR count). The molecule has 0 spiro atoms. The summed E-state index contributed by atoms with van der Waals surface area (Å²) < 4.78 is 0. The van der Waals surface area contributed by atoms with Crippen molar-refractivity contribution in [2.45, 2.75) is 32.8 Å². The number of nitrogens with one attached hydrogen (secondary N) is 1. The lowest BCUT2D eigenvalue weighted by molar-refractivity contribution is 0.0483. The zero-order valence-electron chi connectivity index (χ0n) is 6.85. The Hall–Kier alpha value is -0.0800. The van der Waals surface area contributed by atoms with Crippen LogP contribution in [0.3, 0.4) is 0 Å². The standard InChI is InChI=1S/C8H17NO/c1-8(2)4-6-9-5-3-7(8)10/h7,9-10H,3-6H2,1-2H3. The van der Waals surface area contributed by atoms with E-state index in [4.69, 9.17) is 0 Å². The van der Waals surface area contributed by atoms with Crippen LogP contribution in [-0.2, 0) is 0 Å². The van der Waals surface area contributed by atoms with Crippen LogP contribution in [-0.4, -0.2) is 24.3 Å². The van der Waals surface area contributed by atoms with Crippen LogP contribution < -0.4 is 5.32 Å². The topological polar surface area (TPSA) is 32.3 Å². The van der Waals surface area contributed by atoms with Crippen LogP contribution in [0.2, 0.25) is 0 Å². The van der Waals surface area contributed by atoms with E-state index in [0.29, 0.717) is 0 Å². The highest BCUT2D eigenvalue weighted by Crippen LogP contribution is 2.27. The Kier molecular flexibility index (Phi) is 2.32. The van der Waals surface area contributed by atoms with Crippen molar-refractivity contribution in [3.8, 4) is 0 Å². The van der Waals surface area contributed by atoms with Gasteiger partial charge in [0.15, 0.2) is 0 Å². The van der Waals surface area contributed by atoms with Gasteiger partial charge in [0, 0.05) is 0 Å². The lowest BCUT2D eigenvalue weighted by Gasteiger charge is -2.27. The highest BCUT2D eigenvalue weighted by molar-refractivity contribution is 4.81. The van der Waals surface area contributed by atoms with Crippen molar-refractivity contribution in [1.82, 2.24) is 5.32 Å². The van der Waals surface area contributed by atoms with Gasteiger partial charge in [0.1, 0.15) is 0 Å². The Morgan fingerprint density at radius 1 is 1.40 bits per heavy atom. The largest absolute Gasteiger partial charge is 0.393 e. The summed E-state index contributed by atoms with van der Waals surface area (Å²) in [6, 6.07) is 0. The monoisotopic (exact) mass is 143 g/mol. The zero-order valence-corrected chi connectivity index (χ0v) is 6.85. The second-order valence-electron chi connectivity index (χ2n) is 3.79. The molecule has 60 valence electrons. The number of hydrogen-bond donors (Lipinski definition) is 2. The van der Waals surface area contributed by atoms with E-state index >= 15 is 0 Å². The van der Waals surface area contributed by atoms with Crippen molar-refractivity contribution >= 4 is 0 Å². The molecule has 1 saturated heterocycles. The predicted octanol–water partition coefficient (Wildman–Crippen LogP) is 0.757. The number of rotatable bonds is 0. The highest BCUT2D eigenvalue weighted by Gasteiger charge is 2.28. The Morgan fingerprint density at radius 2 is 2.10 bits per heavy atom. The molecule has 2 N–H and O–H groups in total. The maximum atomic E-state index is 9.58. The first-order valence-electron chi connectivity index (χ1n) is 4.02. The van der Waals surface area contributed by atoms with Crippen LogP contribution in [0, 0.1) is 5.41 Å². The summed E-state index contributed by atoms with van der Waals surface area (Å²) in [5, 5.41) is 12.9. The summed E-state index contributed by atoms with van der Waals surface area (Å²) >= 11 is 0. The molecule has 0 aromatic carbocycles. The molecule has 2 heteroatoms. The second-order valence-corrected chi connectivity index (χ2v) is 3.79. The number of hydrogen-bond acceptors (Lipinski definition) is 2. The van der Waals surface area contributed by atoms with E-state index in [1.165, 1.54) is 0 Å². The first-order chi connectivity index (χ1) is 4.63. The van der Waals surface area contributed by atoms with Gasteiger partial charge in [-0.3, -0.25) is 0 Å². The lowest BCUT2D eigenvalue weighted by atomic mass is 9.83. The Morgan fingerprint density at radius 3 is 2.80 bits per heavy atom. The molecular weight excluding hydrogens is 126 g/mol. The summed E-state index contributed by atoms with van der Waals surface area (Å²) in [6.45, 7) is 6.27. The van der Waals surface area contributed by atoms with Gasteiger partial charge in [0.05, 0.1) is 6.10 Å². The smallest absolute Gasteiger partial charge is 0.0603 e. The van der Waals surface area contributed by atoms with Crippen molar-refractivity contribution in [3.05, 3.63) is 0 Å². The van der Waals surface area contributed by atoms with Gasteiger partial charge in [0.25, 0.3) is 0 Å². The Bertz CT molecular complexity index is 112. The van der Waals surface area contributed by atoms with Gasteiger partial charge in [-0.2, -0.15) is 0 Å². The molecule has 0 bridgehead atoms. The molecule has 1 atom stereocenters. The van der Waals surface area contributed by atoms with E-state index in [9.17, 15) is 5.11 Å². The van der Waals surface area contributed by atoms with Crippen LogP contribution in [0.15, 0.2) is 0 Å². The minimum absolute atomic E-state index is 0.115. The van der Waals surface area contributed by atoms with Gasteiger partial charge in [-0.15, -0.1) is 0 Å². The third kappa shape index (κ3) is 1.70. The summed E-state index contributed by atoms with van der Waals surface area (Å²) in [6.07, 6.45) is 1.85. The average molecular weight is 143 g/mol. The predicted molar refractivity (Wildman–Crippen MR) is 41.9 cm³/mol. The Balaban J connectivity index is 2.52. The molecule has 0 saturated carbocycles. The van der Waals surface area contributed by atoms with Crippen LogP contribution in [0.1, 0.15) is 26.7 Å². The maximum Gasteiger partial charge on any atom is 0.0603 e. The van der Waals surface area contributed by atoms with Crippen LogP contribution >= 0.6 is 0 Å². The minimum atomic E-state index is -0.123. The van der Waals surface area contributed by atoms with Crippen molar-refractivity contribution in [2.24, 2.45) is 5.41 Å². The second kappa shape index (κ2) is 2.89. The zero-order chi connectivity index (χ0) is 7.61. The lowest BCUT2D eigenvalue weighted by Crippen LogP contribution is -2.28. The first-order valence-corrected chi connectivity index (χ1v) is 4.02. The van der Waals surface area contributed by atoms with Gasteiger partial charge >= 0.3 is 0 Å². The molecular formula is C8H17NO. The van der Waals surface area contributed by atoms with E-state index in [-0.39, 0.29) is 11.5 Å². The van der Waals surface area contributed by atoms with Crippen molar-refractivity contribution in [2.75, 3.05) is 13.1 Å². The van der Waals surface area contributed by atoms with Crippen LogP contribution in [0.25, 0.3) is 0 Å². The molecule has 1 unspecified atom stereocenters. The highest BCUT2D eigenvalue weighted by atomic mass is 16.3. The molecule has 0 radical (unpaired) electrons. The average Bonchev–Trinajstić information content (AvgIpc) is 1.96. The molecule has 0 aromatic rings. The number of aliphatic hydroxyl groups excluding tert-OH is 1. The van der Waals surface area contributed by atoms with E-state index in [1.807, 2.05) is 0 Å². The third-order valence-electron chi connectivity index (χ3n) is 2.44. The quantitative estimate of drug-likeness (QED) is 0.524. The minimum Gasteiger partial charge on any atom is -0.393 e. The molecule has 1 aliphatic rings. The summed E-state index contributed by atoms with van der Waals surface area (Å²) in [7, 11) is 0. The van der Waals surface area contributed by atoms with E-state index in [1.54, 1.807) is 0 Å². The van der Waals surface area contributed by atoms with Crippen LogP contribution in [0.4, 0.5) is 0 Å². The van der Waals surface area contributed by atoms with Crippen molar-refractivity contribution < 1.29 is 5.11 Å². The SMILES string of the molecule is CC1(C)CCNCCC1O. The Labute approximate surface area is 62.6 Å². The molecule has 0 aromatic heterocycles. The van der Waals surface area contributed by atoms with E-state index in [2.05, 4.69) is 19.2 Å². The van der Waals surface area contributed by atoms with E-state index in [0.717, 1.165) is 25.9 Å². The number of aliphatic hydroxyl groups is 1. The fraction of sp³-hybridized carbons (Fsp3) is 1.00. The van der Waals surface area contributed by atoms with Gasteiger partial charge in [0.2, 0.25) is 0 Å². The fourth-order valence-corrected chi connectivity index (χ4v) is 1.33. The molecule has 1 heterocycles. The molecule has 0 aliphatic carbocycles. The summed E-state index contributed by atoms with van der Waals surface area (Å²) in [4.78, 5) is 0. The summed E-state index contributed by atoms with van der Waals surface area (Å²) in [5.74, 6) is 0. The molecule has 1 aliphatic heterocycles. The van der Waals surface area contributed by atoms with Gasteiger partial charge in [-0.05, 0) is 31.3 Å². The first kappa shape index (κ1) is 8.02. The fourth-order valence-electron chi connectivity index (χ4n) is 1.33. The van der Waals surface area contributed by atoms with Crippen molar-refractivity contribution in [3.63, 3.8) is 0 Å². The molecule has 1 fully saturated rings. The van der Waals surface area contributed by atoms with Gasteiger partial charge < -0.3 is 10.4 Å². The summed E-state index contributed by atoms with van der Waals surface area (Å²) in [5.41, 5.74) is 0.115. The van der Waals surface area contributed by atoms with Gasteiger partial charge in [-0.1, -0.05) is 13.8 Å². The van der Waals surface area contributed by atoms with E-state index < -0.39 is 0 Å². The normalized spacial score (nSPS) is 33.3. The molecule has 0 amide bonds. The maximum absolute atomic E-state index is 9.58. The molecule has 10 heavy (non-hydrogen) atoms. The third-order valence-corrected chi connectivity index (χ3v) is 2.44. The van der Waals surface area contributed by atoms with Gasteiger partial charge in [-0.25, -0.2) is 0 Å². The van der Waals surface area contributed by atoms with Crippen LogP contribution in [0.5, 0.6) is 0 Å². The molecule has 2 nitrogen and oxygen atoms in total. The van der Waals surface area contributed by atoms with Crippen molar-refractivity contribution in [1.29, 1.82) is 0 Å².